The monoisotopic (exact) mass is 355 g/mol. The molecule has 1 nitrogen and oxygen atoms in total. The van der Waals surface area contributed by atoms with E-state index < -0.39 is 0 Å². The van der Waals surface area contributed by atoms with Gasteiger partial charge in [0.05, 0.1) is 5.69 Å². The molecule has 0 amide bonds. The van der Waals surface area contributed by atoms with E-state index in [1.54, 1.807) is 10.4 Å². The maximum atomic E-state index is 5.07. The van der Waals surface area contributed by atoms with Crippen LogP contribution >= 0.6 is 11.3 Å². The average molecular weight is 356 g/mol. The normalized spacial score (nSPS) is 13.7. The molecule has 2 heteroatoms. The van der Waals surface area contributed by atoms with Crippen LogP contribution in [0.5, 0.6) is 0 Å². The lowest BCUT2D eigenvalue weighted by atomic mass is 9.92. The molecule has 5 rings (SSSR count). The average Bonchev–Trinajstić information content (AvgIpc) is 3.07. The van der Waals surface area contributed by atoms with Gasteiger partial charge in [-0.15, -0.1) is 11.3 Å². The van der Waals surface area contributed by atoms with E-state index in [0.29, 0.717) is 0 Å². The van der Waals surface area contributed by atoms with Crippen LogP contribution in [0.1, 0.15) is 28.8 Å². The first-order chi connectivity index (χ1) is 12.8. The highest BCUT2D eigenvalue weighted by atomic mass is 32.1. The fraction of sp³-hybridized carbons (Fsp3) is 0.208. The summed E-state index contributed by atoms with van der Waals surface area (Å²) in [6.45, 7) is 2.15. The van der Waals surface area contributed by atoms with Crippen molar-refractivity contribution in [1.82, 2.24) is 4.98 Å². The van der Waals surface area contributed by atoms with Crippen molar-refractivity contribution < 1.29 is 0 Å². The second-order valence-electron chi connectivity index (χ2n) is 7.18. The van der Waals surface area contributed by atoms with Gasteiger partial charge in [0, 0.05) is 15.8 Å². The second-order valence-corrected chi connectivity index (χ2v) is 8.26. The van der Waals surface area contributed by atoms with Gasteiger partial charge >= 0.3 is 0 Å². The molecular weight excluding hydrogens is 334 g/mol. The second kappa shape index (κ2) is 6.37. The molecule has 2 aromatic carbocycles. The summed E-state index contributed by atoms with van der Waals surface area (Å²) in [5.41, 5.74) is 7.76. The van der Waals surface area contributed by atoms with Crippen LogP contribution < -0.4 is 0 Å². The molecule has 26 heavy (non-hydrogen) atoms. The number of fused-ring (bicyclic) bond motifs is 3. The lowest BCUT2D eigenvalue weighted by molar-refractivity contribution is 0.700. The van der Waals surface area contributed by atoms with Gasteiger partial charge in [-0.1, -0.05) is 60.2 Å². The molecule has 0 radical (unpaired) electrons. The summed E-state index contributed by atoms with van der Waals surface area (Å²) < 4.78 is 0. The van der Waals surface area contributed by atoms with Gasteiger partial charge in [0.1, 0.15) is 4.83 Å². The van der Waals surface area contributed by atoms with Crippen molar-refractivity contribution in [3.05, 3.63) is 76.7 Å². The molecule has 1 aliphatic carbocycles. The van der Waals surface area contributed by atoms with Crippen molar-refractivity contribution in [3.8, 4) is 22.4 Å². The number of hydrogen-bond acceptors (Lipinski definition) is 2. The van der Waals surface area contributed by atoms with E-state index in [2.05, 4.69) is 67.6 Å². The molecule has 0 saturated heterocycles. The van der Waals surface area contributed by atoms with Crippen molar-refractivity contribution in [2.75, 3.05) is 0 Å². The first kappa shape index (κ1) is 15.8. The zero-order chi connectivity index (χ0) is 17.5. The Morgan fingerprint density at radius 1 is 0.846 bits per heavy atom. The zero-order valence-corrected chi connectivity index (χ0v) is 15.8. The highest BCUT2D eigenvalue weighted by Gasteiger charge is 2.21. The predicted octanol–water partition coefficient (Wildman–Crippen LogP) is 6.82. The molecule has 0 atom stereocenters. The van der Waals surface area contributed by atoms with Gasteiger partial charge < -0.3 is 0 Å². The van der Waals surface area contributed by atoms with Crippen molar-refractivity contribution in [2.45, 2.75) is 32.6 Å². The number of pyridine rings is 1. The maximum absolute atomic E-state index is 5.07. The molecule has 2 aromatic heterocycles. The summed E-state index contributed by atoms with van der Waals surface area (Å²) >= 11 is 1.91. The quantitative estimate of drug-likeness (QED) is 0.384. The molecule has 0 N–H and O–H groups in total. The number of hydrogen-bond donors (Lipinski definition) is 0. The Bertz CT molecular complexity index is 1070. The highest BCUT2D eigenvalue weighted by Crippen LogP contribution is 2.42. The fourth-order valence-electron chi connectivity index (χ4n) is 3.98. The lowest BCUT2D eigenvalue weighted by Gasteiger charge is -2.13. The van der Waals surface area contributed by atoms with E-state index in [4.69, 9.17) is 4.98 Å². The smallest absolute Gasteiger partial charge is 0.125 e. The number of rotatable bonds is 2. The molecule has 0 fully saturated rings. The van der Waals surface area contributed by atoms with Gasteiger partial charge in [-0.25, -0.2) is 4.98 Å². The highest BCUT2D eigenvalue weighted by molar-refractivity contribution is 7.19. The Hall–Kier alpha value is -2.45. The van der Waals surface area contributed by atoms with Crippen molar-refractivity contribution >= 4 is 21.6 Å². The van der Waals surface area contributed by atoms with Crippen molar-refractivity contribution in [2.24, 2.45) is 0 Å². The van der Waals surface area contributed by atoms with E-state index in [-0.39, 0.29) is 0 Å². The Morgan fingerprint density at radius 3 is 2.42 bits per heavy atom. The molecule has 0 aliphatic heterocycles. The number of thiophene rings is 1. The van der Waals surface area contributed by atoms with Crippen LogP contribution in [0.3, 0.4) is 0 Å². The minimum atomic E-state index is 1.08. The Labute approximate surface area is 158 Å². The molecule has 0 unspecified atom stereocenters. The van der Waals surface area contributed by atoms with Crippen LogP contribution in [0.2, 0.25) is 0 Å². The molecule has 2 heterocycles. The SMILES string of the molecule is Cc1ccc(-c2cc(-c3ccccc3)nc3sc4c(c23)CCCC4)cc1. The van der Waals surface area contributed by atoms with Crippen LogP contribution in [0.25, 0.3) is 32.6 Å². The molecule has 0 bridgehead atoms. The Kier molecular flexibility index (Phi) is 3.86. The van der Waals surface area contributed by atoms with E-state index in [1.165, 1.54) is 58.2 Å². The van der Waals surface area contributed by atoms with Crippen LogP contribution in [-0.2, 0) is 12.8 Å². The third kappa shape index (κ3) is 2.65. The summed E-state index contributed by atoms with van der Waals surface area (Å²) in [5.74, 6) is 0. The predicted molar refractivity (Wildman–Crippen MR) is 112 cm³/mol. The van der Waals surface area contributed by atoms with E-state index in [0.717, 1.165) is 5.69 Å². The van der Waals surface area contributed by atoms with Crippen LogP contribution in [0.4, 0.5) is 0 Å². The van der Waals surface area contributed by atoms with Gasteiger partial charge in [-0.05, 0) is 55.4 Å². The summed E-state index contributed by atoms with van der Waals surface area (Å²) in [6, 6.07) is 21.8. The molecular formula is C24H21NS. The third-order valence-electron chi connectivity index (χ3n) is 5.36. The van der Waals surface area contributed by atoms with Crippen LogP contribution in [0, 0.1) is 6.92 Å². The summed E-state index contributed by atoms with van der Waals surface area (Å²) in [5, 5.41) is 1.40. The first-order valence-electron chi connectivity index (χ1n) is 9.37. The number of benzene rings is 2. The molecule has 1 aliphatic rings. The van der Waals surface area contributed by atoms with Crippen molar-refractivity contribution in [3.63, 3.8) is 0 Å². The lowest BCUT2D eigenvalue weighted by Crippen LogP contribution is -1.99. The van der Waals surface area contributed by atoms with E-state index >= 15 is 0 Å². The van der Waals surface area contributed by atoms with E-state index in [9.17, 15) is 0 Å². The zero-order valence-electron chi connectivity index (χ0n) is 15.0. The third-order valence-corrected chi connectivity index (χ3v) is 6.54. The molecule has 0 spiro atoms. The first-order valence-corrected chi connectivity index (χ1v) is 10.2. The molecule has 0 saturated carbocycles. The Balaban J connectivity index is 1.81. The largest absolute Gasteiger partial charge is 0.237 e. The number of nitrogens with zero attached hydrogens (tertiary/aromatic N) is 1. The molecule has 4 aromatic rings. The fourth-order valence-corrected chi connectivity index (χ4v) is 5.26. The van der Waals surface area contributed by atoms with Crippen molar-refractivity contribution in [1.29, 1.82) is 0 Å². The number of aromatic nitrogens is 1. The Morgan fingerprint density at radius 2 is 1.62 bits per heavy atom. The topological polar surface area (TPSA) is 12.9 Å². The van der Waals surface area contributed by atoms with E-state index in [1.807, 2.05) is 11.3 Å². The van der Waals surface area contributed by atoms with Gasteiger partial charge in [-0.2, -0.15) is 0 Å². The standard InChI is InChI=1S/C24H21NS/c1-16-11-13-17(14-12-16)20-15-21(18-7-3-2-4-8-18)25-24-23(20)19-9-5-6-10-22(19)26-24/h2-4,7-8,11-15H,5-6,9-10H2,1H3. The van der Waals surface area contributed by atoms with Gasteiger partial charge in [0.2, 0.25) is 0 Å². The summed E-state index contributed by atoms with van der Waals surface area (Å²) in [6.07, 6.45) is 5.02. The van der Waals surface area contributed by atoms with Gasteiger partial charge in [-0.3, -0.25) is 0 Å². The minimum absolute atomic E-state index is 1.08. The van der Waals surface area contributed by atoms with Gasteiger partial charge in [0.25, 0.3) is 0 Å². The van der Waals surface area contributed by atoms with Gasteiger partial charge in [0.15, 0.2) is 0 Å². The minimum Gasteiger partial charge on any atom is -0.237 e. The number of aryl methyl sites for hydroxylation is 3. The molecule has 128 valence electrons. The maximum Gasteiger partial charge on any atom is 0.125 e. The van der Waals surface area contributed by atoms with Crippen LogP contribution in [0.15, 0.2) is 60.7 Å². The summed E-state index contributed by atoms with van der Waals surface area (Å²) in [4.78, 5) is 7.83. The summed E-state index contributed by atoms with van der Waals surface area (Å²) in [7, 11) is 0. The van der Waals surface area contributed by atoms with Crippen LogP contribution in [-0.4, -0.2) is 4.98 Å².